The molecular weight excluding hydrogens is 1840 g/mol. The number of benzene rings is 9. The molecule has 0 spiro atoms. The molecule has 0 N–H and O–H groups in total. The van der Waals surface area contributed by atoms with E-state index in [1.807, 2.05) is 164 Å². The summed E-state index contributed by atoms with van der Waals surface area (Å²) < 4.78 is 0. The molecule has 6 fully saturated rings. The average Bonchev–Trinajstić information content (AvgIpc) is 1.10. The Hall–Kier alpha value is -2.55. The van der Waals surface area contributed by atoms with Crippen LogP contribution < -0.4 is 47.7 Å². The normalized spacial score (nSPS) is 24.2. The zero-order valence-corrected chi connectivity index (χ0v) is 84.4. The third kappa shape index (κ3) is 34.2. The minimum Gasteiger partial charge on any atom is -0.498 e. The first kappa shape index (κ1) is 117. The van der Waals surface area contributed by atoms with Crippen LogP contribution in [0.25, 0.3) is 0 Å². The van der Waals surface area contributed by atoms with Gasteiger partial charge in [-0.2, -0.15) is 107 Å². The maximum atomic E-state index is 6.94. The summed E-state index contributed by atoms with van der Waals surface area (Å²) in [5.41, 5.74) is 0. The van der Waals surface area contributed by atoms with Crippen LogP contribution in [0.3, 0.4) is 0 Å². The van der Waals surface area contributed by atoms with Crippen molar-refractivity contribution in [2.45, 2.75) is 201 Å². The quantitative estimate of drug-likeness (QED) is 0.0998. The standard InChI is InChI=1S/3C19H15P.4C9H18.2C5H10.6CH3.2Lu.Y/c3*1-20(17-11-5-2-6-12-17,18-13-7-3-8-14-18)19-15-9-4-10-16-19;4*1-6-5-7(2)9(4)8(6)3;2*1-2-4-5-3-1;;;;;;;;;/h3*1-15H;4*6-9H,5H2,1-4H3;2*1-5H2;6*1H3;;;/q3*-2;;;;;;;6*-1;;;. The second-order valence-corrected chi connectivity index (χ2v) is 42.0. The SMILES string of the molecule is C1CCCC1.C1CCCC1.CC1CC(C)C(C)C1C.CC1CC(C)C(C)C1C.CC1CC(C)C(C)C1C.CC1CC(C)C(C)C1C.[CH-]=P(c1[c-]cccc1)(c1ccccc1)c1ccccc1.[CH-]=P(c1[c-]cccc1)(c1ccccc1)c1ccccc1.[CH-]=P(c1[c-]cccc1)(c1ccccc1)c1ccccc1.[CH3-].[CH3-].[CH3-].[CH3-].[CH3-].[CH3-].[Lu].[Lu].[Y]. The van der Waals surface area contributed by atoms with E-state index < -0.39 is 20.7 Å². The largest absolute Gasteiger partial charge is 0.498 e. The van der Waals surface area contributed by atoms with E-state index in [2.05, 4.69) is 220 Å². The predicted molar refractivity (Wildman–Crippen MR) is 520 cm³/mol. The van der Waals surface area contributed by atoms with E-state index in [9.17, 15) is 0 Å². The van der Waals surface area contributed by atoms with Crippen LogP contribution in [-0.4, -0.2) is 18.9 Å². The first-order valence-corrected chi connectivity index (χ1v) is 46.8. The third-order valence-corrected chi connectivity index (χ3v) is 36.0. The Bertz CT molecular complexity index is 3140. The fourth-order valence-corrected chi connectivity index (χ4v) is 25.3. The van der Waals surface area contributed by atoms with Crippen LogP contribution >= 0.6 is 20.7 Å². The van der Waals surface area contributed by atoms with Crippen molar-refractivity contribution in [1.82, 2.24) is 0 Å². The van der Waals surface area contributed by atoms with Gasteiger partial charge in [0.1, 0.15) is 0 Å². The van der Waals surface area contributed by atoms with Gasteiger partial charge in [-0.05, 0) is 120 Å². The second-order valence-electron chi connectivity index (χ2n) is 33.1. The maximum absolute atomic E-state index is 6.94. The van der Waals surface area contributed by atoms with Gasteiger partial charge in [0, 0.05) is 106 Å². The topological polar surface area (TPSA) is 0 Å². The molecule has 9 aromatic carbocycles. The molecule has 0 nitrogen and oxygen atoms in total. The van der Waals surface area contributed by atoms with Crippen molar-refractivity contribution in [3.8, 4) is 0 Å². The molecule has 16 unspecified atom stereocenters. The number of hydrogen-bond donors (Lipinski definition) is 0. The van der Waals surface area contributed by atoms with Crippen molar-refractivity contribution >= 4 is 87.3 Å². The first-order chi connectivity index (χ1) is 51.0. The average molecular weight is 2000 g/mol. The van der Waals surface area contributed by atoms with Crippen molar-refractivity contribution in [1.29, 1.82) is 0 Å². The number of rotatable bonds is 9. The van der Waals surface area contributed by atoms with Crippen LogP contribution in [0.4, 0.5) is 0 Å². The van der Waals surface area contributed by atoms with Crippen molar-refractivity contribution in [3.63, 3.8) is 0 Å². The molecule has 6 heteroatoms. The summed E-state index contributed by atoms with van der Waals surface area (Å²) in [7, 11) is 0. The van der Waals surface area contributed by atoms with E-state index in [1.165, 1.54) is 122 Å². The summed E-state index contributed by atoms with van der Waals surface area (Å²) in [6, 6.07) is 96.0. The van der Waals surface area contributed by atoms with Crippen LogP contribution in [-0.2, 0) is 32.7 Å². The first-order valence-electron chi connectivity index (χ1n) is 41.2. The number of hydrogen-bond acceptors (Lipinski definition) is 0. The van der Waals surface area contributed by atoms with Gasteiger partial charge < -0.3 is 63.5 Å². The Kier molecular flexibility index (Phi) is 61.7. The Labute approximate surface area is 797 Å². The molecule has 15 rings (SSSR count). The molecule has 6 aliphatic carbocycles. The van der Waals surface area contributed by atoms with Crippen LogP contribution in [0.15, 0.2) is 255 Å². The summed E-state index contributed by atoms with van der Waals surface area (Å²) in [6.45, 7) is 31.9. The zero-order chi connectivity index (χ0) is 76.7. The second kappa shape index (κ2) is 60.9. The van der Waals surface area contributed by atoms with E-state index >= 15 is 0 Å². The third-order valence-electron chi connectivity index (χ3n) is 26.2. The fourth-order valence-electron chi connectivity index (χ4n) is 17.0. The summed E-state index contributed by atoms with van der Waals surface area (Å²) >= 11 is 0. The Morgan fingerprint density at radius 2 is 0.330 bits per heavy atom. The molecule has 16 atom stereocenters. The van der Waals surface area contributed by atoms with Gasteiger partial charge in [0.2, 0.25) is 0 Å². The van der Waals surface area contributed by atoms with Gasteiger partial charge in [0.15, 0.2) is 0 Å². The van der Waals surface area contributed by atoms with Crippen molar-refractivity contribution in [2.75, 3.05) is 0 Å². The maximum Gasteiger partial charge on any atom is 0 e. The van der Waals surface area contributed by atoms with E-state index in [4.69, 9.17) is 18.9 Å². The zero-order valence-electron chi connectivity index (χ0n) is 75.6. The van der Waals surface area contributed by atoms with Crippen molar-refractivity contribution < 1.29 is 106 Å². The summed E-state index contributed by atoms with van der Waals surface area (Å²) in [5, 5.41) is 10.3. The Balaban J connectivity index is -0.00000126. The minimum absolute atomic E-state index is 0. The van der Waals surface area contributed by atoms with Gasteiger partial charge in [-0.1, -0.05) is 389 Å². The van der Waals surface area contributed by atoms with Crippen LogP contribution in [0.2, 0.25) is 0 Å². The van der Waals surface area contributed by atoms with Crippen LogP contribution in [0, 0.1) is 231 Å². The van der Waals surface area contributed by atoms with Gasteiger partial charge in [0.05, 0.1) is 0 Å². The summed E-state index contributed by atoms with van der Waals surface area (Å²) in [6.07, 6.45) is 41.6. The van der Waals surface area contributed by atoms with Crippen LogP contribution in [0.1, 0.15) is 201 Å². The van der Waals surface area contributed by atoms with Crippen molar-refractivity contribution in [3.05, 3.63) is 318 Å². The molecule has 0 heterocycles. The smallest absolute Gasteiger partial charge is 0 e. The molecule has 9 aromatic rings. The van der Waals surface area contributed by atoms with Crippen molar-refractivity contribution in [2.24, 2.45) is 94.7 Å². The van der Waals surface area contributed by atoms with Gasteiger partial charge in [-0.3, -0.25) is 0 Å². The summed E-state index contributed by atoms with van der Waals surface area (Å²) in [4.78, 5) is 0. The Morgan fingerprint density at radius 1 is 0.209 bits per heavy atom. The molecule has 6 saturated carbocycles. The van der Waals surface area contributed by atoms with E-state index in [0.29, 0.717) is 0 Å². The van der Waals surface area contributed by atoms with Gasteiger partial charge in [-0.25, -0.2) is 20.7 Å². The fraction of sp³-hybridized carbons (Fsp3) is 0.422. The molecule has 651 valence electrons. The van der Waals surface area contributed by atoms with E-state index in [1.54, 1.807) is 0 Å². The molecule has 0 aliphatic heterocycles. The molecule has 0 aromatic heterocycles. The van der Waals surface area contributed by atoms with E-state index in [-0.39, 0.29) is 151 Å². The molecule has 6 aliphatic rings. The molecule has 0 saturated heterocycles. The predicted octanol–water partition coefficient (Wildman–Crippen LogP) is 27.6. The molecule has 0 amide bonds. The monoisotopic (exact) mass is 2000 g/mol. The molecule has 3 radical (unpaired) electrons. The Morgan fingerprint density at radius 3 is 0.426 bits per heavy atom. The molecule has 115 heavy (non-hydrogen) atoms. The molecular formula is C109H155Lu2P3Y-12. The van der Waals surface area contributed by atoms with Gasteiger partial charge in [-0.15, -0.1) is 0 Å². The molecule has 0 bridgehead atoms. The van der Waals surface area contributed by atoms with Crippen LogP contribution in [0.5, 0.6) is 0 Å². The minimum atomic E-state index is -2.08. The van der Waals surface area contributed by atoms with Gasteiger partial charge >= 0.3 is 0 Å². The summed E-state index contributed by atoms with van der Waals surface area (Å²) in [5.74, 6) is 15.4. The van der Waals surface area contributed by atoms with Gasteiger partial charge in [0.25, 0.3) is 0 Å². The van der Waals surface area contributed by atoms with E-state index in [0.717, 1.165) is 111 Å².